The van der Waals surface area contributed by atoms with Gasteiger partial charge < -0.3 is 40.3 Å². The van der Waals surface area contributed by atoms with Crippen molar-refractivity contribution in [2.24, 2.45) is 0 Å². The van der Waals surface area contributed by atoms with Gasteiger partial charge >= 0.3 is 0 Å². The van der Waals surface area contributed by atoms with Crippen LogP contribution in [0.15, 0.2) is 24.3 Å². The van der Waals surface area contributed by atoms with Gasteiger partial charge in [0.2, 0.25) is 5.91 Å². The monoisotopic (exact) mass is 585 g/mol. The van der Waals surface area contributed by atoms with Crippen LogP contribution in [-0.2, 0) is 14.3 Å². The molecule has 0 bridgehead atoms. The molecular weight excluding hydrogens is 526 g/mol. The van der Waals surface area contributed by atoms with Crippen molar-refractivity contribution >= 4 is 5.91 Å². The van der Waals surface area contributed by atoms with Crippen LogP contribution in [-0.4, -0.2) is 87.5 Å². The zero-order valence-corrected chi connectivity index (χ0v) is 25.5. The number of ether oxygens (including phenoxy) is 2. The molecule has 240 valence electrons. The first kappa shape index (κ1) is 37.7. The van der Waals surface area contributed by atoms with E-state index in [1.165, 1.54) is 51.4 Å². The number of nitrogens with one attached hydrogen (secondary N) is 1. The predicted molar refractivity (Wildman–Crippen MR) is 161 cm³/mol. The molecule has 1 aliphatic heterocycles. The number of carbonyl (C=O) groups is 1. The number of allylic oxidation sites excluding steroid dienone is 3. The average Bonchev–Trinajstić information content (AvgIpc) is 2.97. The molecule has 0 aromatic carbocycles. The standard InChI is InChI=1S/C32H59NO8/c1-3-5-7-9-10-11-12-13-14-15-16-17-18-19-21-26(35)25(33-28(36)22-20-8-6-4-2)24-40-32-31(39)30(38)29(37)27(23-34)41-32/h15-16,19,21,25-27,29-32,34-35,37-39H,3-14,17-18,20,22-24H2,1-2H3,(H,33,36)/b16-15+,21-19+. The number of carbonyl (C=O) groups excluding carboxylic acids is 1. The topological polar surface area (TPSA) is 149 Å². The number of hydrogen-bond donors (Lipinski definition) is 6. The van der Waals surface area contributed by atoms with Crippen LogP contribution >= 0.6 is 0 Å². The van der Waals surface area contributed by atoms with Gasteiger partial charge in [0.1, 0.15) is 24.4 Å². The molecule has 1 aliphatic rings. The van der Waals surface area contributed by atoms with E-state index in [1.807, 2.05) is 6.08 Å². The third kappa shape index (κ3) is 16.8. The summed E-state index contributed by atoms with van der Waals surface area (Å²) in [5, 5.41) is 53.3. The normalized spacial score (nSPS) is 24.7. The van der Waals surface area contributed by atoms with Gasteiger partial charge in [0, 0.05) is 6.42 Å². The summed E-state index contributed by atoms with van der Waals surface area (Å²) in [5.74, 6) is -0.208. The van der Waals surface area contributed by atoms with E-state index in [4.69, 9.17) is 9.47 Å². The van der Waals surface area contributed by atoms with E-state index < -0.39 is 49.5 Å². The number of aliphatic hydroxyl groups is 5. The van der Waals surface area contributed by atoms with Crippen LogP contribution in [0.2, 0.25) is 0 Å². The molecule has 9 heteroatoms. The van der Waals surface area contributed by atoms with Crippen LogP contribution in [0.1, 0.15) is 117 Å². The number of amides is 1. The summed E-state index contributed by atoms with van der Waals surface area (Å²) in [6, 6.07) is -0.810. The number of unbranched alkanes of at least 4 members (excludes halogenated alkanes) is 12. The van der Waals surface area contributed by atoms with Crippen molar-refractivity contribution < 1.29 is 39.8 Å². The quantitative estimate of drug-likeness (QED) is 0.0734. The van der Waals surface area contributed by atoms with Crippen molar-refractivity contribution in [3.63, 3.8) is 0 Å². The highest BCUT2D eigenvalue weighted by molar-refractivity contribution is 5.76. The van der Waals surface area contributed by atoms with Crippen LogP contribution in [0, 0.1) is 0 Å². The molecule has 7 unspecified atom stereocenters. The van der Waals surface area contributed by atoms with Crippen molar-refractivity contribution in [1.82, 2.24) is 5.32 Å². The van der Waals surface area contributed by atoms with Crippen molar-refractivity contribution in [2.75, 3.05) is 13.2 Å². The van der Waals surface area contributed by atoms with Crippen molar-refractivity contribution in [2.45, 2.75) is 159 Å². The van der Waals surface area contributed by atoms with Crippen LogP contribution in [0.4, 0.5) is 0 Å². The maximum absolute atomic E-state index is 12.5. The third-order valence-corrected chi connectivity index (χ3v) is 7.53. The van der Waals surface area contributed by atoms with Crippen LogP contribution in [0.5, 0.6) is 0 Å². The minimum atomic E-state index is -1.56. The molecule has 0 aromatic heterocycles. The van der Waals surface area contributed by atoms with Gasteiger partial charge in [0.25, 0.3) is 0 Å². The fourth-order valence-electron chi connectivity index (χ4n) is 4.81. The van der Waals surface area contributed by atoms with Crippen molar-refractivity contribution in [3.8, 4) is 0 Å². The van der Waals surface area contributed by atoms with Gasteiger partial charge in [-0.25, -0.2) is 0 Å². The van der Waals surface area contributed by atoms with Crippen LogP contribution in [0.3, 0.4) is 0 Å². The Bertz CT molecular complexity index is 701. The van der Waals surface area contributed by atoms with Gasteiger partial charge in [-0.05, 0) is 32.1 Å². The summed E-state index contributed by atoms with van der Waals surface area (Å²) in [7, 11) is 0. The second-order valence-corrected chi connectivity index (χ2v) is 11.2. The lowest BCUT2D eigenvalue weighted by Gasteiger charge is -2.40. The van der Waals surface area contributed by atoms with E-state index >= 15 is 0 Å². The zero-order chi connectivity index (χ0) is 30.3. The predicted octanol–water partition coefficient (Wildman–Crippen LogP) is 4.04. The molecule has 0 saturated carbocycles. The lowest BCUT2D eigenvalue weighted by atomic mass is 9.99. The zero-order valence-electron chi connectivity index (χ0n) is 25.5. The molecule has 0 spiro atoms. The molecule has 6 N–H and O–H groups in total. The first-order valence-electron chi connectivity index (χ1n) is 16.1. The van der Waals surface area contributed by atoms with Crippen molar-refractivity contribution in [3.05, 3.63) is 24.3 Å². The second kappa shape index (κ2) is 24.1. The number of rotatable bonds is 24. The molecule has 0 radical (unpaired) electrons. The van der Waals surface area contributed by atoms with Crippen molar-refractivity contribution in [1.29, 1.82) is 0 Å². The molecule has 0 aromatic rings. The van der Waals surface area contributed by atoms with E-state index in [0.29, 0.717) is 6.42 Å². The summed E-state index contributed by atoms with van der Waals surface area (Å²) < 4.78 is 11.0. The van der Waals surface area contributed by atoms with Gasteiger partial charge in [-0.15, -0.1) is 0 Å². The summed E-state index contributed by atoms with van der Waals surface area (Å²) in [5.41, 5.74) is 0. The minimum Gasteiger partial charge on any atom is -0.394 e. The minimum absolute atomic E-state index is 0.201. The van der Waals surface area contributed by atoms with Gasteiger partial charge in [0.15, 0.2) is 6.29 Å². The van der Waals surface area contributed by atoms with E-state index in [0.717, 1.165) is 44.9 Å². The molecule has 1 saturated heterocycles. The Hall–Kier alpha value is -1.33. The first-order valence-corrected chi connectivity index (χ1v) is 16.1. The maximum Gasteiger partial charge on any atom is 0.220 e. The Kier molecular flexibility index (Phi) is 22.2. The number of hydrogen-bond acceptors (Lipinski definition) is 8. The Morgan fingerprint density at radius 1 is 0.805 bits per heavy atom. The lowest BCUT2D eigenvalue weighted by molar-refractivity contribution is -0.302. The summed E-state index contributed by atoms with van der Waals surface area (Å²) >= 11 is 0. The summed E-state index contributed by atoms with van der Waals surface area (Å²) in [6.07, 6.45) is 17.1. The fraction of sp³-hybridized carbons (Fsp3) is 0.844. The molecule has 41 heavy (non-hydrogen) atoms. The molecule has 1 rings (SSSR count). The lowest BCUT2D eigenvalue weighted by Crippen LogP contribution is -2.60. The molecular formula is C32H59NO8. The second-order valence-electron chi connectivity index (χ2n) is 11.2. The van der Waals surface area contributed by atoms with E-state index in [9.17, 15) is 30.3 Å². The van der Waals surface area contributed by atoms with E-state index in [2.05, 4.69) is 31.3 Å². The van der Waals surface area contributed by atoms with Crippen LogP contribution in [0.25, 0.3) is 0 Å². The maximum atomic E-state index is 12.5. The third-order valence-electron chi connectivity index (χ3n) is 7.53. The summed E-state index contributed by atoms with van der Waals surface area (Å²) in [6.45, 7) is 3.57. The first-order chi connectivity index (χ1) is 19.8. The molecule has 9 nitrogen and oxygen atoms in total. The molecule has 7 atom stereocenters. The van der Waals surface area contributed by atoms with E-state index in [1.54, 1.807) is 6.08 Å². The Morgan fingerprint density at radius 2 is 1.39 bits per heavy atom. The number of aliphatic hydroxyl groups excluding tert-OH is 5. The molecule has 1 amide bonds. The Labute approximate surface area is 248 Å². The highest BCUT2D eigenvalue weighted by Crippen LogP contribution is 2.22. The Balaban J connectivity index is 2.51. The van der Waals surface area contributed by atoms with Gasteiger partial charge in [-0.1, -0.05) is 102 Å². The highest BCUT2D eigenvalue weighted by atomic mass is 16.7. The van der Waals surface area contributed by atoms with Gasteiger partial charge in [-0.2, -0.15) is 0 Å². The Morgan fingerprint density at radius 3 is 2.05 bits per heavy atom. The SMILES string of the molecule is CCCCCCCCCC/C=C/CC/C=C/C(O)C(COC1OC(CO)C(O)C(O)C1O)NC(=O)CCCCCC. The van der Waals surface area contributed by atoms with Gasteiger partial charge in [-0.3, -0.25) is 4.79 Å². The van der Waals surface area contributed by atoms with Gasteiger partial charge in [0.05, 0.1) is 25.4 Å². The molecule has 1 fully saturated rings. The molecule has 1 heterocycles. The smallest absolute Gasteiger partial charge is 0.220 e. The van der Waals surface area contributed by atoms with Crippen LogP contribution < -0.4 is 5.32 Å². The van der Waals surface area contributed by atoms with E-state index in [-0.39, 0.29) is 12.5 Å². The average molecular weight is 586 g/mol. The molecule has 0 aliphatic carbocycles. The highest BCUT2D eigenvalue weighted by Gasteiger charge is 2.44. The fourth-order valence-corrected chi connectivity index (χ4v) is 4.81. The summed E-state index contributed by atoms with van der Waals surface area (Å²) in [4.78, 5) is 12.5. The largest absolute Gasteiger partial charge is 0.394 e.